The van der Waals surface area contributed by atoms with E-state index in [0.29, 0.717) is 10.7 Å². The number of nitrogens with two attached hydrogens (primary N) is 2. The lowest BCUT2D eigenvalue weighted by Gasteiger charge is -2.16. The van der Waals surface area contributed by atoms with Gasteiger partial charge in [0.15, 0.2) is 0 Å². The monoisotopic (exact) mass is 307 g/mol. The van der Waals surface area contributed by atoms with Crippen molar-refractivity contribution in [1.82, 2.24) is 5.43 Å². The number of amides is 1. The van der Waals surface area contributed by atoms with Gasteiger partial charge in [-0.1, -0.05) is 41.9 Å². The van der Waals surface area contributed by atoms with Gasteiger partial charge in [-0.15, -0.1) is 11.8 Å². The Bertz CT molecular complexity index is 607. The van der Waals surface area contributed by atoms with Crippen LogP contribution in [0.15, 0.2) is 53.4 Å². The predicted molar refractivity (Wildman–Crippen MR) is 83.2 cm³/mol. The maximum absolute atomic E-state index is 12.0. The Balaban J connectivity index is 2.34. The number of thioether (sulfide) groups is 1. The van der Waals surface area contributed by atoms with Gasteiger partial charge in [-0.05, 0) is 23.8 Å². The summed E-state index contributed by atoms with van der Waals surface area (Å²) in [6.45, 7) is 0. The molecule has 1 atom stereocenters. The Morgan fingerprint density at radius 1 is 1.20 bits per heavy atom. The van der Waals surface area contributed by atoms with Crippen molar-refractivity contribution in [3.05, 3.63) is 59.1 Å². The van der Waals surface area contributed by atoms with E-state index in [1.54, 1.807) is 18.2 Å². The number of nitrogens with one attached hydrogen (secondary N) is 1. The van der Waals surface area contributed by atoms with Crippen LogP contribution in [0.4, 0.5) is 5.69 Å². The summed E-state index contributed by atoms with van der Waals surface area (Å²) in [6.07, 6.45) is 0. The fourth-order valence-corrected chi connectivity index (χ4v) is 3.07. The van der Waals surface area contributed by atoms with Crippen LogP contribution in [0.25, 0.3) is 0 Å². The molecule has 6 heteroatoms. The normalized spacial score (nSPS) is 11.9. The number of halogens is 1. The standard InChI is InChI=1S/C14H14ClN3OS/c15-10-6-7-11(16)12(8-10)20-13(14(19)18-17)9-4-2-1-3-5-9/h1-8,13H,16-17H2,(H,18,19). The zero-order valence-corrected chi connectivity index (χ0v) is 12.1. The van der Waals surface area contributed by atoms with Gasteiger partial charge in [0.05, 0.1) is 0 Å². The average molecular weight is 308 g/mol. The third-order valence-corrected chi connectivity index (χ3v) is 4.27. The lowest BCUT2D eigenvalue weighted by Crippen LogP contribution is -2.33. The molecule has 4 nitrogen and oxygen atoms in total. The first-order valence-corrected chi connectivity index (χ1v) is 7.14. The summed E-state index contributed by atoms with van der Waals surface area (Å²) >= 11 is 7.28. The zero-order valence-electron chi connectivity index (χ0n) is 10.5. The summed E-state index contributed by atoms with van der Waals surface area (Å²) in [6, 6.07) is 14.5. The summed E-state index contributed by atoms with van der Waals surface area (Å²) in [5.41, 5.74) is 9.52. The van der Waals surface area contributed by atoms with E-state index in [2.05, 4.69) is 5.43 Å². The number of hydrazine groups is 1. The molecule has 1 unspecified atom stereocenters. The van der Waals surface area contributed by atoms with Crippen molar-refractivity contribution in [3.63, 3.8) is 0 Å². The molecule has 0 spiro atoms. The van der Waals surface area contributed by atoms with E-state index < -0.39 is 5.25 Å². The molecule has 0 saturated heterocycles. The second-order valence-electron chi connectivity index (χ2n) is 4.10. The number of nitrogen functional groups attached to an aromatic ring is 1. The van der Waals surface area contributed by atoms with Crippen LogP contribution in [0.1, 0.15) is 10.8 Å². The van der Waals surface area contributed by atoms with E-state index in [9.17, 15) is 4.79 Å². The number of rotatable bonds is 4. The van der Waals surface area contributed by atoms with E-state index in [1.807, 2.05) is 30.3 Å². The highest BCUT2D eigenvalue weighted by Crippen LogP contribution is 2.39. The van der Waals surface area contributed by atoms with Gasteiger partial charge < -0.3 is 5.73 Å². The first-order chi connectivity index (χ1) is 9.61. The highest BCUT2D eigenvalue weighted by molar-refractivity contribution is 8.00. The Kier molecular flexibility index (Phi) is 4.89. The molecule has 2 aromatic carbocycles. The van der Waals surface area contributed by atoms with E-state index in [1.165, 1.54) is 11.8 Å². The number of anilines is 1. The largest absolute Gasteiger partial charge is 0.398 e. The molecule has 0 fully saturated rings. The molecule has 0 heterocycles. The van der Waals surface area contributed by atoms with Crippen LogP contribution in [0.3, 0.4) is 0 Å². The minimum atomic E-state index is -0.484. The molecule has 0 saturated carbocycles. The van der Waals surface area contributed by atoms with Gasteiger partial charge in [0, 0.05) is 15.6 Å². The van der Waals surface area contributed by atoms with E-state index in [-0.39, 0.29) is 5.91 Å². The highest BCUT2D eigenvalue weighted by atomic mass is 35.5. The molecule has 5 N–H and O–H groups in total. The molecular weight excluding hydrogens is 294 g/mol. The van der Waals surface area contributed by atoms with Crippen molar-refractivity contribution in [3.8, 4) is 0 Å². The van der Waals surface area contributed by atoms with E-state index >= 15 is 0 Å². The van der Waals surface area contributed by atoms with Crippen molar-refractivity contribution in [2.75, 3.05) is 5.73 Å². The van der Waals surface area contributed by atoms with Crippen LogP contribution in [0.5, 0.6) is 0 Å². The fourth-order valence-electron chi connectivity index (χ4n) is 1.71. The van der Waals surface area contributed by atoms with Crippen LogP contribution in [-0.4, -0.2) is 5.91 Å². The first kappa shape index (κ1) is 14.7. The Labute approximate surface area is 126 Å². The van der Waals surface area contributed by atoms with Gasteiger partial charge in [0.1, 0.15) is 5.25 Å². The smallest absolute Gasteiger partial charge is 0.251 e. The average Bonchev–Trinajstić information content (AvgIpc) is 2.48. The van der Waals surface area contributed by atoms with Crippen LogP contribution in [0.2, 0.25) is 5.02 Å². The molecule has 104 valence electrons. The SMILES string of the molecule is NNC(=O)C(Sc1cc(Cl)ccc1N)c1ccccc1. The molecule has 20 heavy (non-hydrogen) atoms. The molecule has 2 aromatic rings. The summed E-state index contributed by atoms with van der Waals surface area (Å²) in [4.78, 5) is 12.7. The summed E-state index contributed by atoms with van der Waals surface area (Å²) in [5.74, 6) is 4.97. The van der Waals surface area contributed by atoms with Gasteiger partial charge in [-0.3, -0.25) is 10.2 Å². The molecule has 1 amide bonds. The van der Waals surface area contributed by atoms with Crippen molar-refractivity contribution < 1.29 is 4.79 Å². The van der Waals surface area contributed by atoms with Crippen molar-refractivity contribution in [1.29, 1.82) is 0 Å². The van der Waals surface area contributed by atoms with Gasteiger partial charge in [-0.2, -0.15) is 0 Å². The Morgan fingerprint density at radius 3 is 2.55 bits per heavy atom. The van der Waals surface area contributed by atoms with Crippen LogP contribution in [0, 0.1) is 0 Å². The summed E-state index contributed by atoms with van der Waals surface area (Å²) < 4.78 is 0. The lowest BCUT2D eigenvalue weighted by atomic mass is 10.1. The molecule has 0 aliphatic rings. The highest BCUT2D eigenvalue weighted by Gasteiger charge is 2.22. The van der Waals surface area contributed by atoms with Gasteiger partial charge >= 0.3 is 0 Å². The number of hydrogen-bond donors (Lipinski definition) is 3. The second kappa shape index (κ2) is 6.65. The molecule has 2 rings (SSSR count). The molecule has 0 radical (unpaired) electrons. The van der Waals surface area contributed by atoms with Crippen molar-refractivity contribution >= 4 is 35.0 Å². The van der Waals surface area contributed by atoms with Crippen LogP contribution >= 0.6 is 23.4 Å². The summed E-state index contributed by atoms with van der Waals surface area (Å²) in [5, 5.41) is 0.0867. The molecule has 0 aromatic heterocycles. The Hall–Kier alpha value is -1.69. The third kappa shape index (κ3) is 3.45. The van der Waals surface area contributed by atoms with Crippen LogP contribution in [-0.2, 0) is 4.79 Å². The minimum Gasteiger partial charge on any atom is -0.398 e. The lowest BCUT2D eigenvalue weighted by molar-refractivity contribution is -0.120. The number of carbonyl (C=O) groups excluding carboxylic acids is 1. The second-order valence-corrected chi connectivity index (χ2v) is 5.68. The fraction of sp³-hybridized carbons (Fsp3) is 0.0714. The zero-order chi connectivity index (χ0) is 14.5. The van der Waals surface area contributed by atoms with Gasteiger partial charge in [-0.25, -0.2) is 5.84 Å². The van der Waals surface area contributed by atoms with Crippen molar-refractivity contribution in [2.45, 2.75) is 10.1 Å². The third-order valence-electron chi connectivity index (χ3n) is 2.70. The topological polar surface area (TPSA) is 81.1 Å². The molecular formula is C14H14ClN3OS. The van der Waals surface area contributed by atoms with E-state index in [4.69, 9.17) is 23.2 Å². The summed E-state index contributed by atoms with van der Waals surface area (Å²) in [7, 11) is 0. The Morgan fingerprint density at radius 2 is 1.90 bits per heavy atom. The minimum absolute atomic E-state index is 0.291. The molecule has 0 aliphatic heterocycles. The molecule has 0 aliphatic carbocycles. The predicted octanol–water partition coefficient (Wildman–Crippen LogP) is 2.75. The van der Waals surface area contributed by atoms with Gasteiger partial charge in [0.2, 0.25) is 0 Å². The quantitative estimate of drug-likeness (QED) is 0.267. The number of hydrogen-bond acceptors (Lipinski definition) is 4. The van der Waals surface area contributed by atoms with Crippen LogP contribution < -0.4 is 17.0 Å². The number of benzene rings is 2. The number of carbonyl (C=O) groups is 1. The first-order valence-electron chi connectivity index (χ1n) is 5.89. The molecule has 0 bridgehead atoms. The van der Waals surface area contributed by atoms with E-state index in [0.717, 1.165) is 10.5 Å². The maximum Gasteiger partial charge on any atom is 0.251 e. The van der Waals surface area contributed by atoms with Crippen molar-refractivity contribution in [2.24, 2.45) is 5.84 Å². The maximum atomic E-state index is 12.0. The van der Waals surface area contributed by atoms with Gasteiger partial charge in [0.25, 0.3) is 5.91 Å².